The molecule has 0 saturated carbocycles. The van der Waals surface area contributed by atoms with Crippen LogP contribution in [0.2, 0.25) is 0 Å². The Morgan fingerprint density at radius 3 is 2.86 bits per heavy atom. The van der Waals surface area contributed by atoms with E-state index in [1.54, 1.807) is 23.1 Å². The second-order valence-corrected chi connectivity index (χ2v) is 5.36. The lowest BCUT2D eigenvalue weighted by Gasteiger charge is -2.01. The molecule has 3 aromatic rings. The van der Waals surface area contributed by atoms with Crippen LogP contribution < -0.4 is 5.32 Å². The second kappa shape index (κ2) is 6.44. The summed E-state index contributed by atoms with van der Waals surface area (Å²) in [5.74, 6) is -0.434. The van der Waals surface area contributed by atoms with E-state index in [4.69, 9.17) is 0 Å². The average molecular weight is 317 g/mol. The first-order valence-corrected chi connectivity index (χ1v) is 7.42. The zero-order chi connectivity index (χ0) is 15.4. The fourth-order valence-corrected chi connectivity index (χ4v) is 2.57. The van der Waals surface area contributed by atoms with Gasteiger partial charge >= 0.3 is 0 Å². The van der Waals surface area contributed by atoms with Gasteiger partial charge in [0.2, 0.25) is 5.91 Å². The van der Waals surface area contributed by atoms with Crippen LogP contribution in [0.15, 0.2) is 42.3 Å². The molecule has 6 nitrogen and oxygen atoms in total. The Balaban J connectivity index is 1.59. The van der Waals surface area contributed by atoms with Crippen LogP contribution in [0.1, 0.15) is 6.42 Å². The molecule has 0 saturated heterocycles. The van der Waals surface area contributed by atoms with Crippen LogP contribution in [-0.2, 0) is 11.3 Å². The van der Waals surface area contributed by atoms with Crippen molar-refractivity contribution in [2.24, 2.45) is 0 Å². The van der Waals surface area contributed by atoms with Crippen LogP contribution in [0.25, 0.3) is 11.3 Å². The minimum Gasteiger partial charge on any atom is -0.302 e. The van der Waals surface area contributed by atoms with Gasteiger partial charge < -0.3 is 5.32 Å². The highest BCUT2D eigenvalue weighted by Crippen LogP contribution is 2.25. The van der Waals surface area contributed by atoms with Gasteiger partial charge in [-0.25, -0.2) is 14.4 Å². The van der Waals surface area contributed by atoms with Crippen molar-refractivity contribution >= 4 is 22.4 Å². The summed E-state index contributed by atoms with van der Waals surface area (Å²) in [6.45, 7) is 0.460. The zero-order valence-electron chi connectivity index (χ0n) is 11.4. The van der Waals surface area contributed by atoms with Crippen molar-refractivity contribution in [2.45, 2.75) is 13.0 Å². The zero-order valence-corrected chi connectivity index (χ0v) is 12.3. The number of benzene rings is 1. The van der Waals surface area contributed by atoms with Crippen LogP contribution in [0, 0.1) is 5.82 Å². The Morgan fingerprint density at radius 2 is 2.14 bits per heavy atom. The van der Waals surface area contributed by atoms with Crippen LogP contribution in [0.3, 0.4) is 0 Å². The van der Waals surface area contributed by atoms with Gasteiger partial charge in [0, 0.05) is 17.4 Å². The fraction of sp³-hybridized carbons (Fsp3) is 0.143. The number of amides is 1. The van der Waals surface area contributed by atoms with Gasteiger partial charge in [-0.1, -0.05) is 0 Å². The molecule has 112 valence electrons. The Kier molecular flexibility index (Phi) is 4.19. The second-order valence-electron chi connectivity index (χ2n) is 4.50. The lowest BCUT2D eigenvalue weighted by molar-refractivity contribution is -0.116. The highest BCUT2D eigenvalue weighted by molar-refractivity contribution is 7.14. The Morgan fingerprint density at radius 1 is 1.32 bits per heavy atom. The summed E-state index contributed by atoms with van der Waals surface area (Å²) < 4.78 is 14.5. The molecule has 0 spiro atoms. The molecule has 0 fully saturated rings. The molecule has 0 radical (unpaired) electrons. The number of carbonyl (C=O) groups is 1. The minimum atomic E-state index is -0.291. The molecule has 3 rings (SSSR count). The number of hydrogen-bond donors (Lipinski definition) is 1. The number of rotatable bonds is 5. The van der Waals surface area contributed by atoms with E-state index in [9.17, 15) is 9.18 Å². The van der Waals surface area contributed by atoms with Crippen molar-refractivity contribution in [3.63, 3.8) is 0 Å². The maximum atomic E-state index is 12.9. The van der Waals surface area contributed by atoms with Crippen molar-refractivity contribution in [3.8, 4) is 11.3 Å². The Hall–Kier alpha value is -2.61. The highest BCUT2D eigenvalue weighted by atomic mass is 32.1. The van der Waals surface area contributed by atoms with E-state index in [2.05, 4.69) is 20.4 Å². The maximum Gasteiger partial charge on any atom is 0.228 e. The number of anilines is 1. The van der Waals surface area contributed by atoms with Crippen molar-refractivity contribution in [1.29, 1.82) is 0 Å². The first-order chi connectivity index (χ1) is 10.7. The number of halogens is 1. The lowest BCUT2D eigenvalue weighted by atomic mass is 10.2. The van der Waals surface area contributed by atoms with Gasteiger partial charge in [0.25, 0.3) is 0 Å². The average Bonchev–Trinajstić information content (AvgIpc) is 3.17. The van der Waals surface area contributed by atoms with Crippen molar-refractivity contribution in [3.05, 3.63) is 48.1 Å². The van der Waals surface area contributed by atoms with E-state index in [0.717, 1.165) is 5.56 Å². The van der Waals surface area contributed by atoms with Gasteiger partial charge in [0.15, 0.2) is 5.13 Å². The third-order valence-electron chi connectivity index (χ3n) is 2.93. The SMILES string of the molecule is O=C(CCn1cncn1)Nc1nc(-c2ccc(F)cc2)cs1. The predicted molar refractivity (Wildman–Crippen MR) is 80.8 cm³/mol. The van der Waals surface area contributed by atoms with Crippen LogP contribution in [0.4, 0.5) is 9.52 Å². The van der Waals surface area contributed by atoms with E-state index in [-0.39, 0.29) is 18.1 Å². The molecular weight excluding hydrogens is 305 g/mol. The van der Waals surface area contributed by atoms with Crippen LogP contribution in [-0.4, -0.2) is 25.7 Å². The summed E-state index contributed by atoms with van der Waals surface area (Å²) in [5.41, 5.74) is 1.51. The molecule has 22 heavy (non-hydrogen) atoms. The largest absolute Gasteiger partial charge is 0.302 e. The highest BCUT2D eigenvalue weighted by Gasteiger charge is 2.08. The third-order valence-corrected chi connectivity index (χ3v) is 3.68. The van der Waals surface area contributed by atoms with E-state index in [0.29, 0.717) is 17.4 Å². The molecule has 2 aromatic heterocycles. The van der Waals surface area contributed by atoms with Gasteiger partial charge in [-0.15, -0.1) is 11.3 Å². The molecular formula is C14H12FN5OS. The van der Waals surface area contributed by atoms with Gasteiger partial charge in [-0.2, -0.15) is 5.10 Å². The lowest BCUT2D eigenvalue weighted by Crippen LogP contribution is -2.14. The molecule has 0 aliphatic heterocycles. The summed E-state index contributed by atoms with van der Waals surface area (Å²) in [4.78, 5) is 20.0. The normalized spacial score (nSPS) is 10.6. The van der Waals surface area contributed by atoms with E-state index in [1.165, 1.54) is 29.8 Å². The molecule has 0 aliphatic rings. The number of hydrogen-bond acceptors (Lipinski definition) is 5. The van der Waals surface area contributed by atoms with Crippen LogP contribution >= 0.6 is 11.3 Å². The molecule has 2 heterocycles. The Bertz CT molecular complexity index is 754. The van der Waals surface area contributed by atoms with E-state index in [1.807, 2.05) is 5.38 Å². The quantitative estimate of drug-likeness (QED) is 0.785. The molecule has 0 aliphatic carbocycles. The molecule has 8 heteroatoms. The summed E-state index contributed by atoms with van der Waals surface area (Å²) in [5, 5.41) is 9.00. The van der Waals surface area contributed by atoms with Gasteiger partial charge in [-0.05, 0) is 24.3 Å². The van der Waals surface area contributed by atoms with E-state index >= 15 is 0 Å². The Labute approximate surface area is 129 Å². The van der Waals surface area contributed by atoms with Crippen molar-refractivity contribution in [1.82, 2.24) is 19.7 Å². The van der Waals surface area contributed by atoms with E-state index < -0.39 is 0 Å². The number of aryl methyl sites for hydroxylation is 1. The molecule has 1 N–H and O–H groups in total. The molecule has 0 atom stereocenters. The summed E-state index contributed by atoms with van der Waals surface area (Å²) in [6, 6.07) is 6.07. The third kappa shape index (κ3) is 3.53. The maximum absolute atomic E-state index is 12.9. The van der Waals surface area contributed by atoms with Crippen molar-refractivity contribution < 1.29 is 9.18 Å². The predicted octanol–water partition coefficient (Wildman–Crippen LogP) is 2.57. The summed E-state index contributed by atoms with van der Waals surface area (Å²) in [7, 11) is 0. The standard InChI is InChI=1S/C14H12FN5OS/c15-11-3-1-10(2-4-11)12-7-22-14(18-12)19-13(21)5-6-20-9-16-8-17-20/h1-4,7-9H,5-6H2,(H,18,19,21). The first-order valence-electron chi connectivity index (χ1n) is 6.54. The molecule has 1 amide bonds. The van der Waals surface area contributed by atoms with Gasteiger partial charge in [0.05, 0.1) is 12.2 Å². The summed E-state index contributed by atoms with van der Waals surface area (Å²) >= 11 is 1.33. The smallest absolute Gasteiger partial charge is 0.228 e. The van der Waals surface area contributed by atoms with Gasteiger partial charge in [0.1, 0.15) is 18.5 Å². The monoisotopic (exact) mass is 317 g/mol. The number of thiazole rings is 1. The number of nitrogens with zero attached hydrogens (tertiary/aromatic N) is 4. The summed E-state index contributed by atoms with van der Waals surface area (Å²) in [6.07, 6.45) is 3.27. The number of carbonyl (C=O) groups excluding carboxylic acids is 1. The topological polar surface area (TPSA) is 72.7 Å². The number of aromatic nitrogens is 4. The molecule has 0 unspecified atom stereocenters. The molecule has 1 aromatic carbocycles. The van der Waals surface area contributed by atoms with Crippen LogP contribution in [0.5, 0.6) is 0 Å². The number of nitrogens with one attached hydrogen (secondary N) is 1. The minimum absolute atomic E-state index is 0.143. The molecule has 0 bridgehead atoms. The fourth-order valence-electron chi connectivity index (χ4n) is 1.83. The first kappa shape index (κ1) is 14.3. The van der Waals surface area contributed by atoms with Gasteiger partial charge in [-0.3, -0.25) is 9.48 Å². The van der Waals surface area contributed by atoms with Crippen molar-refractivity contribution in [2.75, 3.05) is 5.32 Å².